The highest BCUT2D eigenvalue weighted by Gasteiger charge is 2.20. The SMILES string of the molecule is CC/C=C\C/C=C\C/C=C\C/C=C\C/C=C\CCCC(=O)OC(COCCCCCC/C=C\C/C=C\C/C=C\CC)COP(=O)([O-])OCC[N+](C)(C)C. The highest BCUT2D eigenvalue weighted by Crippen LogP contribution is 2.38. The standard InChI is InChI=1S/C44H74NO7P/c1-6-8-10-12-14-16-18-20-22-23-24-25-27-29-31-33-35-37-44(46)52-43(42-51-53(47,48)50-40-38-45(3,4)5)41-49-39-36-34-32-30-28-26-21-19-17-15-13-11-9-7-2/h8-11,14-17,20-22,24-26,29,31,43H,6-7,12-13,18-19,23,27-28,30,32-42H2,1-5H3/b10-8-,11-9-,16-14-,17-15-,22-20-,25-24-,26-21-,31-29-. The highest BCUT2D eigenvalue weighted by molar-refractivity contribution is 7.45. The number of hydrogen-bond acceptors (Lipinski definition) is 7. The summed E-state index contributed by atoms with van der Waals surface area (Å²) in [6, 6.07) is 0. The smallest absolute Gasteiger partial charge is 0.306 e. The fraction of sp³-hybridized carbons (Fsp3) is 0.614. The van der Waals surface area contributed by atoms with Crippen molar-refractivity contribution in [1.29, 1.82) is 0 Å². The summed E-state index contributed by atoms with van der Waals surface area (Å²) in [5, 5.41) is 0. The van der Waals surface area contributed by atoms with Crippen LogP contribution in [0.15, 0.2) is 97.2 Å². The monoisotopic (exact) mass is 760 g/mol. The fourth-order valence-electron chi connectivity index (χ4n) is 4.59. The summed E-state index contributed by atoms with van der Waals surface area (Å²) in [6.45, 7) is 5.00. The molecule has 0 rings (SSSR count). The number of quaternary nitrogens is 1. The molecule has 302 valence electrons. The Kier molecular flexibility index (Phi) is 34.6. The first-order valence-corrected chi connectivity index (χ1v) is 21.4. The summed E-state index contributed by atoms with van der Waals surface area (Å²) in [6.07, 6.45) is 48.6. The first-order chi connectivity index (χ1) is 25.6. The van der Waals surface area contributed by atoms with E-state index in [1.165, 1.54) is 0 Å². The molecule has 2 atom stereocenters. The van der Waals surface area contributed by atoms with E-state index < -0.39 is 19.9 Å². The lowest BCUT2D eigenvalue weighted by Crippen LogP contribution is -2.37. The Morgan fingerprint density at radius 3 is 1.53 bits per heavy atom. The molecule has 0 saturated heterocycles. The number of unbranched alkanes of at least 4 members (excludes halogenated alkanes) is 5. The number of carbonyl (C=O) groups is 1. The first-order valence-electron chi connectivity index (χ1n) is 20.0. The second kappa shape index (κ2) is 36.4. The predicted molar refractivity (Wildman–Crippen MR) is 221 cm³/mol. The van der Waals surface area contributed by atoms with Gasteiger partial charge in [0.15, 0.2) is 0 Å². The van der Waals surface area contributed by atoms with Crippen molar-refractivity contribution in [3.8, 4) is 0 Å². The van der Waals surface area contributed by atoms with Gasteiger partial charge in [-0.1, -0.05) is 124 Å². The zero-order valence-corrected chi connectivity index (χ0v) is 34.8. The number of phosphoric ester groups is 1. The van der Waals surface area contributed by atoms with E-state index in [0.29, 0.717) is 24.1 Å². The molecule has 0 N–H and O–H groups in total. The molecule has 0 heterocycles. The van der Waals surface area contributed by atoms with Crippen molar-refractivity contribution in [2.24, 2.45) is 0 Å². The molecule has 0 aromatic heterocycles. The minimum Gasteiger partial charge on any atom is -0.756 e. The Labute approximate surface area is 324 Å². The molecule has 0 aliphatic carbocycles. The van der Waals surface area contributed by atoms with E-state index in [1.807, 2.05) is 21.1 Å². The van der Waals surface area contributed by atoms with Crippen LogP contribution in [0.5, 0.6) is 0 Å². The average molecular weight is 760 g/mol. The molecule has 0 aliphatic heterocycles. The van der Waals surface area contributed by atoms with Gasteiger partial charge in [0.2, 0.25) is 0 Å². The maximum Gasteiger partial charge on any atom is 0.306 e. The van der Waals surface area contributed by atoms with Crippen LogP contribution in [0.4, 0.5) is 0 Å². The molecule has 0 fully saturated rings. The number of ether oxygens (including phenoxy) is 2. The summed E-state index contributed by atoms with van der Waals surface area (Å²) >= 11 is 0. The van der Waals surface area contributed by atoms with Crippen molar-refractivity contribution in [3.05, 3.63) is 97.2 Å². The van der Waals surface area contributed by atoms with Crippen molar-refractivity contribution >= 4 is 13.8 Å². The van der Waals surface area contributed by atoms with E-state index in [2.05, 4.69) is 111 Å². The van der Waals surface area contributed by atoms with Gasteiger partial charge in [-0.3, -0.25) is 9.36 Å². The number of rotatable bonds is 35. The summed E-state index contributed by atoms with van der Waals surface area (Å²) in [5.41, 5.74) is 0. The molecule has 0 aliphatic rings. The maximum atomic E-state index is 12.6. The fourth-order valence-corrected chi connectivity index (χ4v) is 5.32. The number of phosphoric acid groups is 1. The highest BCUT2D eigenvalue weighted by atomic mass is 31.2. The van der Waals surface area contributed by atoms with Crippen molar-refractivity contribution in [2.75, 3.05) is 54.1 Å². The number of nitrogens with zero attached hydrogens (tertiary/aromatic N) is 1. The molecular formula is C44H74NO7P. The van der Waals surface area contributed by atoms with Crippen molar-refractivity contribution < 1.29 is 37.3 Å². The number of allylic oxidation sites excluding steroid dienone is 16. The quantitative estimate of drug-likeness (QED) is 0.0209. The van der Waals surface area contributed by atoms with E-state index in [0.717, 1.165) is 89.9 Å². The molecule has 0 radical (unpaired) electrons. The molecule has 0 aromatic rings. The summed E-state index contributed by atoms with van der Waals surface area (Å²) in [7, 11) is 1.28. The van der Waals surface area contributed by atoms with Crippen LogP contribution in [0.2, 0.25) is 0 Å². The average Bonchev–Trinajstić information content (AvgIpc) is 3.11. The van der Waals surface area contributed by atoms with Gasteiger partial charge in [0.25, 0.3) is 7.82 Å². The van der Waals surface area contributed by atoms with Crippen molar-refractivity contribution in [2.45, 2.75) is 123 Å². The topological polar surface area (TPSA) is 94.1 Å². The van der Waals surface area contributed by atoms with E-state index in [1.54, 1.807) is 0 Å². The molecule has 9 heteroatoms. The van der Waals surface area contributed by atoms with Crippen LogP contribution in [0, 0.1) is 0 Å². The first kappa shape index (κ1) is 50.4. The Balaban J connectivity index is 4.46. The van der Waals surface area contributed by atoms with E-state index in [9.17, 15) is 14.3 Å². The Bertz CT molecular complexity index is 1160. The minimum atomic E-state index is -4.55. The Morgan fingerprint density at radius 1 is 0.585 bits per heavy atom. The van der Waals surface area contributed by atoms with Crippen molar-refractivity contribution in [1.82, 2.24) is 0 Å². The van der Waals surface area contributed by atoms with Gasteiger partial charge < -0.3 is 27.9 Å². The van der Waals surface area contributed by atoms with Crippen molar-refractivity contribution in [3.63, 3.8) is 0 Å². The normalized spacial score (nSPS) is 14.9. The molecule has 0 saturated carbocycles. The molecule has 2 unspecified atom stereocenters. The van der Waals surface area contributed by atoms with Crippen LogP contribution in [0.1, 0.15) is 117 Å². The zero-order chi connectivity index (χ0) is 39.1. The van der Waals surface area contributed by atoms with Crippen LogP contribution < -0.4 is 4.89 Å². The van der Waals surface area contributed by atoms with Crippen LogP contribution in [0.3, 0.4) is 0 Å². The van der Waals surface area contributed by atoms with Crippen LogP contribution in [-0.2, 0) is 27.9 Å². The van der Waals surface area contributed by atoms with Gasteiger partial charge >= 0.3 is 5.97 Å². The van der Waals surface area contributed by atoms with Gasteiger partial charge in [-0.2, -0.15) is 0 Å². The molecular weight excluding hydrogens is 685 g/mol. The van der Waals surface area contributed by atoms with Gasteiger partial charge in [0.05, 0.1) is 34.4 Å². The molecule has 8 nitrogen and oxygen atoms in total. The zero-order valence-electron chi connectivity index (χ0n) is 33.9. The van der Waals surface area contributed by atoms with Gasteiger partial charge in [0.1, 0.15) is 19.3 Å². The van der Waals surface area contributed by atoms with E-state index in [-0.39, 0.29) is 26.2 Å². The van der Waals surface area contributed by atoms with Gasteiger partial charge in [-0.25, -0.2) is 0 Å². The Morgan fingerprint density at radius 2 is 1.04 bits per heavy atom. The lowest BCUT2D eigenvalue weighted by Gasteiger charge is -2.28. The van der Waals surface area contributed by atoms with E-state index >= 15 is 0 Å². The number of hydrogen-bond donors (Lipinski definition) is 0. The molecule has 53 heavy (non-hydrogen) atoms. The lowest BCUT2D eigenvalue weighted by molar-refractivity contribution is -0.870. The lowest BCUT2D eigenvalue weighted by atomic mass is 10.1. The maximum absolute atomic E-state index is 12.6. The third-order valence-electron chi connectivity index (χ3n) is 7.63. The number of esters is 1. The molecule has 0 aromatic carbocycles. The number of likely N-dealkylation sites (N-methyl/N-ethyl adjacent to an activating group) is 1. The summed E-state index contributed by atoms with van der Waals surface area (Å²) in [4.78, 5) is 25.0. The molecule has 0 spiro atoms. The summed E-state index contributed by atoms with van der Waals surface area (Å²) < 4.78 is 34.4. The number of carbonyl (C=O) groups excluding carboxylic acids is 1. The van der Waals surface area contributed by atoms with Crippen LogP contribution in [0.25, 0.3) is 0 Å². The molecule has 0 bridgehead atoms. The third-order valence-corrected chi connectivity index (χ3v) is 8.59. The Hall–Kier alpha value is -2.58. The summed E-state index contributed by atoms with van der Waals surface area (Å²) in [5.74, 6) is -0.405. The van der Waals surface area contributed by atoms with Gasteiger partial charge in [-0.15, -0.1) is 0 Å². The second-order valence-corrected chi connectivity index (χ2v) is 15.3. The minimum absolute atomic E-state index is 0.00477. The van der Waals surface area contributed by atoms with Gasteiger partial charge in [-0.05, 0) is 83.5 Å². The molecule has 0 amide bonds. The largest absolute Gasteiger partial charge is 0.756 e. The van der Waals surface area contributed by atoms with Crippen LogP contribution >= 0.6 is 7.82 Å². The van der Waals surface area contributed by atoms with E-state index in [4.69, 9.17) is 18.5 Å². The van der Waals surface area contributed by atoms with Crippen LogP contribution in [-0.4, -0.2) is 70.7 Å². The third kappa shape index (κ3) is 40.4. The predicted octanol–water partition coefficient (Wildman–Crippen LogP) is 10.9. The van der Waals surface area contributed by atoms with Gasteiger partial charge in [0, 0.05) is 13.0 Å². The second-order valence-electron chi connectivity index (χ2n) is 13.9.